The smallest absolute Gasteiger partial charge is 0.391 e. The molecule has 0 aromatic heterocycles. The van der Waals surface area contributed by atoms with Crippen molar-refractivity contribution in [3.63, 3.8) is 0 Å². The Morgan fingerprint density at radius 3 is 0.954 bits per heavy atom. The van der Waals surface area contributed by atoms with Crippen LogP contribution in [0.4, 0.5) is 0 Å². The maximum absolute atomic E-state index is 13.1. The first-order valence-electron chi connectivity index (χ1n) is 38.9. The molecule has 516 valence electrons. The molecule has 0 aromatic carbocycles. The van der Waals surface area contributed by atoms with E-state index in [0.29, 0.717) is 23.9 Å². The molecule has 3 atom stereocenters. The molecule has 0 radical (unpaired) electrons. The number of aliphatic hydroxyl groups excluding tert-OH is 1. The molecule has 3 unspecified atom stereocenters. The number of hydrogen-bond acceptors (Lipinski definition) is 5. The van der Waals surface area contributed by atoms with Gasteiger partial charge >= 0.3 is 7.82 Å². The molecule has 0 rings (SSSR count). The van der Waals surface area contributed by atoms with Crippen molar-refractivity contribution in [2.75, 3.05) is 40.9 Å². The predicted octanol–water partition coefficient (Wildman–Crippen LogP) is 25.2. The van der Waals surface area contributed by atoms with E-state index < -0.39 is 20.0 Å². The number of phosphoric ester groups is 1. The summed E-state index contributed by atoms with van der Waals surface area (Å²) in [5, 5.41) is 14.2. The molecule has 8 nitrogen and oxygen atoms in total. The fourth-order valence-electron chi connectivity index (χ4n) is 12.1. The molecule has 0 bridgehead atoms. The number of rotatable bonds is 73. The number of aliphatic hydroxyl groups is 1. The quantitative estimate of drug-likeness (QED) is 0.0243. The molecule has 9 heteroatoms. The molecule has 0 heterocycles. The highest BCUT2D eigenvalue weighted by atomic mass is 31.2. The van der Waals surface area contributed by atoms with Gasteiger partial charge in [-0.3, -0.25) is 13.8 Å². The van der Waals surface area contributed by atoms with Gasteiger partial charge < -0.3 is 19.8 Å². The number of amides is 1. The van der Waals surface area contributed by atoms with Crippen molar-refractivity contribution >= 4 is 13.7 Å². The van der Waals surface area contributed by atoms with E-state index in [1.165, 1.54) is 327 Å². The second kappa shape index (κ2) is 69.1. The van der Waals surface area contributed by atoms with Gasteiger partial charge in [0.2, 0.25) is 5.91 Å². The van der Waals surface area contributed by atoms with Crippen molar-refractivity contribution in [2.45, 2.75) is 418 Å². The van der Waals surface area contributed by atoms with Crippen LogP contribution in [0.1, 0.15) is 406 Å². The number of carbonyl (C=O) groups excluding carboxylic acids is 1. The zero-order valence-electron chi connectivity index (χ0n) is 59.3. The zero-order chi connectivity index (χ0) is 63.4. The van der Waals surface area contributed by atoms with Crippen LogP contribution in [0.25, 0.3) is 0 Å². The SMILES string of the molecule is CCCCCCC/C=C\C/C=C\C/C=C\CCCCCCCCCCCCCCCCCCCCCCCCC(=O)NC(COP(=O)(O)OCC[N+](C)(C)C)C(O)CCCCCCCCCCCCCCCCCCCCCCCCCCCCCC. The Bertz CT molecular complexity index is 1510. The summed E-state index contributed by atoms with van der Waals surface area (Å²) in [4.78, 5) is 23.5. The van der Waals surface area contributed by atoms with Crippen molar-refractivity contribution in [2.24, 2.45) is 0 Å². The van der Waals surface area contributed by atoms with Crippen LogP contribution >= 0.6 is 7.82 Å². The lowest BCUT2D eigenvalue weighted by Crippen LogP contribution is -2.46. The van der Waals surface area contributed by atoms with Crippen molar-refractivity contribution in [3.8, 4) is 0 Å². The highest BCUT2D eigenvalue weighted by Gasteiger charge is 2.28. The Morgan fingerprint density at radius 2 is 0.655 bits per heavy atom. The highest BCUT2D eigenvalue weighted by Crippen LogP contribution is 2.43. The maximum atomic E-state index is 13.1. The predicted molar refractivity (Wildman–Crippen MR) is 383 cm³/mol. The van der Waals surface area contributed by atoms with Crippen molar-refractivity contribution in [1.29, 1.82) is 0 Å². The number of nitrogens with zero attached hydrogens (tertiary/aromatic N) is 1. The Labute approximate surface area is 544 Å². The largest absolute Gasteiger partial charge is 0.472 e. The summed E-state index contributed by atoms with van der Waals surface area (Å²) in [5.41, 5.74) is 0. The zero-order valence-corrected chi connectivity index (χ0v) is 60.2. The van der Waals surface area contributed by atoms with Gasteiger partial charge in [0.25, 0.3) is 0 Å². The molecule has 0 aromatic rings. The molecule has 87 heavy (non-hydrogen) atoms. The average Bonchev–Trinajstić information content (AvgIpc) is 3.70. The van der Waals surface area contributed by atoms with Gasteiger partial charge in [0.15, 0.2) is 0 Å². The summed E-state index contributed by atoms with van der Waals surface area (Å²) in [6.45, 7) is 4.94. The second-order valence-corrected chi connectivity index (χ2v) is 29.5. The lowest BCUT2D eigenvalue weighted by atomic mass is 10.0. The topological polar surface area (TPSA) is 105 Å². The van der Waals surface area contributed by atoms with Crippen LogP contribution in [0.3, 0.4) is 0 Å². The van der Waals surface area contributed by atoms with Crippen molar-refractivity contribution in [1.82, 2.24) is 5.32 Å². The van der Waals surface area contributed by atoms with Gasteiger partial charge in [0, 0.05) is 6.42 Å². The molecule has 0 aliphatic heterocycles. The van der Waals surface area contributed by atoms with Gasteiger partial charge in [-0.05, 0) is 51.4 Å². The van der Waals surface area contributed by atoms with Crippen LogP contribution in [0.5, 0.6) is 0 Å². The van der Waals surface area contributed by atoms with Gasteiger partial charge in [-0.25, -0.2) is 4.57 Å². The molecule has 0 saturated heterocycles. The number of carbonyl (C=O) groups is 1. The summed E-state index contributed by atoms with van der Waals surface area (Å²) in [6, 6.07) is -0.761. The lowest BCUT2D eigenvalue weighted by molar-refractivity contribution is -0.870. The van der Waals surface area contributed by atoms with Gasteiger partial charge in [0.05, 0.1) is 39.9 Å². The second-order valence-electron chi connectivity index (χ2n) is 28.1. The molecule has 0 aliphatic rings. The average molecular weight is 1250 g/mol. The number of hydrogen-bond donors (Lipinski definition) is 3. The Kier molecular flexibility index (Phi) is 68.1. The molecule has 0 fully saturated rings. The Morgan fingerprint density at radius 1 is 0.391 bits per heavy atom. The van der Waals surface area contributed by atoms with E-state index in [1.807, 2.05) is 21.1 Å². The van der Waals surface area contributed by atoms with Crippen LogP contribution in [-0.2, 0) is 18.4 Å². The molecular formula is C78H154N2O6P+. The number of nitrogens with one attached hydrogen (secondary N) is 1. The summed E-state index contributed by atoms with van der Waals surface area (Å²) in [7, 11) is 1.64. The third-order valence-electron chi connectivity index (χ3n) is 18.1. The highest BCUT2D eigenvalue weighted by molar-refractivity contribution is 7.47. The van der Waals surface area contributed by atoms with E-state index in [-0.39, 0.29) is 19.1 Å². The third-order valence-corrected chi connectivity index (χ3v) is 19.1. The van der Waals surface area contributed by atoms with Gasteiger partial charge in [-0.1, -0.05) is 384 Å². The van der Waals surface area contributed by atoms with Crippen molar-refractivity contribution < 1.29 is 32.9 Å². The monoisotopic (exact) mass is 1250 g/mol. The number of quaternary nitrogens is 1. The van der Waals surface area contributed by atoms with Crippen molar-refractivity contribution in [3.05, 3.63) is 36.5 Å². The van der Waals surface area contributed by atoms with Crippen LogP contribution in [0, 0.1) is 0 Å². The van der Waals surface area contributed by atoms with Gasteiger partial charge in [0.1, 0.15) is 13.2 Å². The van der Waals surface area contributed by atoms with Crippen LogP contribution in [0.15, 0.2) is 36.5 Å². The maximum Gasteiger partial charge on any atom is 0.472 e. The minimum Gasteiger partial charge on any atom is -0.391 e. The first kappa shape index (κ1) is 85.7. The molecule has 3 N–H and O–H groups in total. The van der Waals surface area contributed by atoms with E-state index in [0.717, 1.165) is 51.4 Å². The van der Waals surface area contributed by atoms with Gasteiger partial charge in [-0.2, -0.15) is 0 Å². The number of allylic oxidation sites excluding steroid dienone is 6. The summed E-state index contributed by atoms with van der Waals surface area (Å²) in [6.07, 6.45) is 92.8. The molecule has 0 saturated carbocycles. The van der Waals surface area contributed by atoms with Crippen LogP contribution in [-0.4, -0.2) is 73.4 Å². The van der Waals surface area contributed by atoms with Crippen LogP contribution < -0.4 is 5.32 Å². The summed E-state index contributed by atoms with van der Waals surface area (Å²) < 4.78 is 24.0. The molecule has 1 amide bonds. The van der Waals surface area contributed by atoms with E-state index in [2.05, 4.69) is 55.6 Å². The number of unbranched alkanes of at least 4 members (excludes halogenated alkanes) is 54. The first-order valence-corrected chi connectivity index (χ1v) is 40.3. The molecular weight excluding hydrogens is 1090 g/mol. The van der Waals surface area contributed by atoms with E-state index in [4.69, 9.17) is 9.05 Å². The first-order chi connectivity index (χ1) is 42.5. The van der Waals surface area contributed by atoms with E-state index >= 15 is 0 Å². The normalized spacial score (nSPS) is 13.7. The molecule has 0 aliphatic carbocycles. The summed E-state index contributed by atoms with van der Waals surface area (Å²) in [5.74, 6) is -0.135. The van der Waals surface area contributed by atoms with Crippen LogP contribution in [0.2, 0.25) is 0 Å². The Hall–Kier alpha value is -1.28. The number of likely N-dealkylation sites (N-methyl/N-ethyl adjacent to an activating group) is 1. The number of phosphoric acid groups is 1. The van der Waals surface area contributed by atoms with Gasteiger partial charge in [-0.15, -0.1) is 0 Å². The fraction of sp³-hybridized carbons (Fsp3) is 0.910. The fourth-order valence-corrected chi connectivity index (χ4v) is 12.9. The minimum absolute atomic E-state index is 0.0773. The standard InChI is InChI=1S/C78H153N2O6P/c1-6-8-10-12-14-16-18-20-22-24-26-28-30-32-34-36-37-38-39-40-41-42-43-44-46-48-50-52-54-56-58-60-62-64-66-68-70-72-78(82)79-76(75-86-87(83,84)85-74-73-80(3,4)5)77(81)71-69-67-65-63-61-59-57-55-53-51-49-47-45-35-33-31-29-27-25-23-21-19-17-15-13-11-9-7-2/h18,20,24,26,30,32,76-77,81H,6-17,19,21-23,25,27-29,31,33-75H2,1-5H3,(H-,79,82,83,84)/p+1/b20-18-,26-24-,32-30-. The lowest BCUT2D eigenvalue weighted by Gasteiger charge is -2.26. The minimum atomic E-state index is -4.33. The molecule has 0 spiro atoms. The Balaban J connectivity index is 3.93. The van der Waals surface area contributed by atoms with E-state index in [9.17, 15) is 19.4 Å². The summed E-state index contributed by atoms with van der Waals surface area (Å²) >= 11 is 0. The third kappa shape index (κ3) is 72.0. The van der Waals surface area contributed by atoms with E-state index in [1.54, 1.807) is 0 Å².